The van der Waals surface area contributed by atoms with Gasteiger partial charge in [-0.1, -0.05) is 20.8 Å². The van der Waals surface area contributed by atoms with Crippen LogP contribution in [-0.2, 0) is 16.1 Å². The largest absolute Gasteiger partial charge is 2.00 e. The Bertz CT molecular complexity index is 1090. The zero-order valence-corrected chi connectivity index (χ0v) is 25.3. The molecule has 2 amide bonds. The first-order chi connectivity index (χ1) is 16.7. The fourth-order valence-electron chi connectivity index (χ4n) is 2.84. The maximum absolute atomic E-state index is 13.9. The van der Waals surface area contributed by atoms with Gasteiger partial charge in [0.2, 0.25) is 11.8 Å². The number of halogens is 1. The van der Waals surface area contributed by atoms with E-state index in [0.717, 1.165) is 6.20 Å². The number of ether oxygens (including phenoxy) is 1. The van der Waals surface area contributed by atoms with Crippen molar-refractivity contribution in [3.8, 4) is 5.75 Å². The molecule has 0 aliphatic rings. The number of nitrogens with one attached hydrogen (secondary N) is 1. The maximum atomic E-state index is 13.9. The molecule has 1 N–H and O–H groups in total. The van der Waals surface area contributed by atoms with Gasteiger partial charge in [0.25, 0.3) is 0 Å². The number of aryl methyl sites for hydroxylation is 1. The van der Waals surface area contributed by atoms with Gasteiger partial charge in [0.05, 0.1) is 31.1 Å². The van der Waals surface area contributed by atoms with E-state index in [1.807, 2.05) is 38.1 Å². The van der Waals surface area contributed by atoms with Gasteiger partial charge in [0.15, 0.2) is 11.6 Å². The van der Waals surface area contributed by atoms with Crippen LogP contribution < -0.4 is 10.1 Å². The van der Waals surface area contributed by atoms with Crippen LogP contribution in [0.5, 0.6) is 5.75 Å². The van der Waals surface area contributed by atoms with Crippen LogP contribution in [0.3, 0.4) is 0 Å². The molecule has 190 valence electrons. The van der Waals surface area contributed by atoms with Gasteiger partial charge in [-0.2, -0.15) is 41.0 Å². The number of aromatic nitrogens is 3. The Hall–Kier alpha value is -2.70. The number of anilines is 1. The Labute approximate surface area is 236 Å². The summed E-state index contributed by atoms with van der Waals surface area (Å²) in [5.74, 6) is -0.822. The predicted molar refractivity (Wildman–Crippen MR) is 132 cm³/mol. The molecule has 0 radical (unpaired) electrons. The normalized spacial score (nSPS) is 10.1. The van der Waals surface area contributed by atoms with Crippen molar-refractivity contribution in [2.24, 2.45) is 0 Å². The van der Waals surface area contributed by atoms with Crippen molar-refractivity contribution in [1.29, 1.82) is 0 Å². The fraction of sp³-hybridized carbons (Fsp3) is 0.346. The van der Waals surface area contributed by atoms with Crippen molar-refractivity contribution < 1.29 is 49.8 Å². The molecule has 8 nitrogen and oxygen atoms in total. The number of pyridine rings is 1. The molecule has 0 saturated carbocycles. The Morgan fingerprint density at radius 3 is 2.53 bits per heavy atom. The number of carbonyl (C=O) groups excluding carboxylic acids is 2. The number of carbonyl (C=O) groups is 2. The van der Waals surface area contributed by atoms with E-state index < -0.39 is 5.82 Å². The Morgan fingerprint density at radius 2 is 1.94 bits per heavy atom. The third-order valence-corrected chi connectivity index (χ3v) is 4.94. The molecule has 1 aromatic carbocycles. The second-order valence-corrected chi connectivity index (χ2v) is 8.16. The quantitative estimate of drug-likeness (QED) is 0.338. The molecule has 0 atom stereocenters. The molecule has 0 unspecified atom stereocenters. The maximum Gasteiger partial charge on any atom is 2.00 e. The molecule has 0 saturated heterocycles. The van der Waals surface area contributed by atoms with E-state index in [-0.39, 0.29) is 74.2 Å². The number of benzene rings is 1. The van der Waals surface area contributed by atoms with Crippen LogP contribution in [0.2, 0.25) is 0 Å². The van der Waals surface area contributed by atoms with Crippen LogP contribution in [-0.4, -0.2) is 51.7 Å². The summed E-state index contributed by atoms with van der Waals surface area (Å²) >= 11 is 0. The van der Waals surface area contributed by atoms with Crippen molar-refractivity contribution in [2.45, 2.75) is 39.7 Å². The van der Waals surface area contributed by atoms with Crippen molar-refractivity contribution >= 4 is 17.5 Å². The summed E-state index contributed by atoms with van der Waals surface area (Å²) in [6, 6.07) is 10.8. The van der Waals surface area contributed by atoms with Gasteiger partial charge in [-0.25, -0.2) is 4.39 Å². The molecular weight excluding hydrogens is 687 g/mol. The standard InChI is InChI=1S/C19H25FN5O3.C7H7.U/c1-5-24(4)18(27)12-25-11-14(8-22-25)23-17(26)6-7-28-19-15(13(2)3)9-21-10-16(19)20;1-7-5-3-2-4-6-7;/h8-11,13H,1,5-7,12H2,2-4H3,(H,23,26);3-6H,1H3;/q2*-1;+2. The number of likely N-dealkylation sites (N-methyl/N-ethyl adjacent to an activating group) is 1. The van der Waals surface area contributed by atoms with Crippen molar-refractivity contribution in [2.75, 3.05) is 25.5 Å². The Morgan fingerprint density at radius 1 is 1.25 bits per heavy atom. The van der Waals surface area contributed by atoms with Gasteiger partial charge < -0.3 is 21.9 Å². The van der Waals surface area contributed by atoms with Gasteiger partial charge in [-0.05, 0) is 5.92 Å². The SMILES string of the molecule is Cc1cc[c-]cc1.[CH2-]CN(C)C(=O)Cn1cc(NC(=O)CCOc2c(F)cncc2C(C)C)cn1.[U+2]. The van der Waals surface area contributed by atoms with Gasteiger partial charge in [0, 0.05) is 25.0 Å². The van der Waals surface area contributed by atoms with E-state index in [1.54, 1.807) is 19.4 Å². The van der Waals surface area contributed by atoms with Gasteiger partial charge in [-0.3, -0.25) is 19.3 Å². The first kappa shape index (κ1) is 31.3. The average molecular weight is 720 g/mol. The van der Waals surface area contributed by atoms with Crippen LogP contribution in [0, 0.1) is 56.8 Å². The van der Waals surface area contributed by atoms with E-state index >= 15 is 0 Å². The van der Waals surface area contributed by atoms with Crippen molar-refractivity contribution in [1.82, 2.24) is 19.7 Å². The van der Waals surface area contributed by atoms with Crippen molar-refractivity contribution in [3.63, 3.8) is 0 Å². The molecule has 2 heterocycles. The molecule has 3 rings (SSSR count). The van der Waals surface area contributed by atoms with Crippen LogP contribution in [0.1, 0.15) is 37.3 Å². The molecule has 0 aliphatic carbocycles. The molecule has 10 heteroatoms. The van der Waals surface area contributed by atoms with E-state index in [1.165, 1.54) is 21.3 Å². The number of hydrogen-bond donors (Lipinski definition) is 1. The van der Waals surface area contributed by atoms with Crippen LogP contribution in [0.25, 0.3) is 0 Å². The van der Waals surface area contributed by atoms with E-state index in [2.05, 4.69) is 35.3 Å². The minimum Gasteiger partial charge on any atom is -0.490 e. The zero-order valence-electron chi connectivity index (χ0n) is 21.1. The third-order valence-electron chi connectivity index (χ3n) is 4.94. The first-order valence-electron chi connectivity index (χ1n) is 11.3. The smallest absolute Gasteiger partial charge is 0.490 e. The third kappa shape index (κ3) is 10.5. The Kier molecular flexibility index (Phi) is 14.0. The Balaban J connectivity index is 0.000000696. The number of hydrogen-bond acceptors (Lipinski definition) is 5. The predicted octanol–water partition coefficient (Wildman–Crippen LogP) is 4.04. The first-order valence-corrected chi connectivity index (χ1v) is 11.3. The van der Waals surface area contributed by atoms with Crippen molar-refractivity contribution in [3.05, 3.63) is 79.0 Å². The molecule has 36 heavy (non-hydrogen) atoms. The summed E-state index contributed by atoms with van der Waals surface area (Å²) in [5.41, 5.74) is 2.41. The molecule has 0 fully saturated rings. The number of nitrogens with zero attached hydrogens (tertiary/aromatic N) is 4. The van der Waals surface area contributed by atoms with Crippen LogP contribution >= 0.6 is 0 Å². The minimum absolute atomic E-state index is 0. The summed E-state index contributed by atoms with van der Waals surface area (Å²) in [5, 5.41) is 6.71. The monoisotopic (exact) mass is 719 g/mol. The van der Waals surface area contributed by atoms with Gasteiger partial charge >= 0.3 is 31.1 Å². The molecule has 0 spiro atoms. The summed E-state index contributed by atoms with van der Waals surface area (Å²) in [6.07, 6.45) is 5.70. The molecule has 3 aromatic rings. The summed E-state index contributed by atoms with van der Waals surface area (Å²) < 4.78 is 20.9. The average Bonchev–Trinajstić information content (AvgIpc) is 3.26. The summed E-state index contributed by atoms with van der Waals surface area (Å²) in [6.45, 7) is 9.97. The van der Waals surface area contributed by atoms with E-state index in [4.69, 9.17) is 4.74 Å². The second-order valence-electron chi connectivity index (χ2n) is 8.16. The molecule has 2 aromatic heterocycles. The second kappa shape index (κ2) is 16.1. The topological polar surface area (TPSA) is 89.4 Å². The summed E-state index contributed by atoms with van der Waals surface area (Å²) in [7, 11) is 1.65. The molecule has 0 bridgehead atoms. The van der Waals surface area contributed by atoms with E-state index in [0.29, 0.717) is 17.8 Å². The summed E-state index contributed by atoms with van der Waals surface area (Å²) in [4.78, 5) is 29.2. The number of rotatable bonds is 9. The number of amides is 2. The van der Waals surface area contributed by atoms with Gasteiger partial charge in [-0.15, -0.1) is 6.54 Å². The zero-order chi connectivity index (χ0) is 25.8. The van der Waals surface area contributed by atoms with Crippen LogP contribution in [0.15, 0.2) is 49.1 Å². The van der Waals surface area contributed by atoms with Crippen LogP contribution in [0.4, 0.5) is 10.1 Å². The fourth-order valence-corrected chi connectivity index (χ4v) is 2.84. The molecular formula is C26H32FN5O3U. The molecule has 0 aliphatic heterocycles. The minimum atomic E-state index is -0.551. The van der Waals surface area contributed by atoms with Gasteiger partial charge in [0.1, 0.15) is 6.54 Å². The van der Waals surface area contributed by atoms with E-state index in [9.17, 15) is 14.0 Å².